The van der Waals surface area contributed by atoms with Crippen LogP contribution in [0.1, 0.15) is 21.5 Å². The number of carboxylic acids is 1. The number of aromatic hydroxyl groups is 2. The minimum absolute atomic E-state index is 0.0782. The van der Waals surface area contributed by atoms with Gasteiger partial charge in [-0.25, -0.2) is 4.79 Å². The molecule has 0 aliphatic heterocycles. The fourth-order valence-corrected chi connectivity index (χ4v) is 1.81. The molecule has 4 heteroatoms. The van der Waals surface area contributed by atoms with Crippen LogP contribution in [0.25, 0.3) is 0 Å². The second-order valence-electron chi connectivity index (χ2n) is 3.96. The van der Waals surface area contributed by atoms with Crippen LogP contribution in [-0.2, 0) is 6.42 Å². The zero-order chi connectivity index (χ0) is 13.1. The van der Waals surface area contributed by atoms with E-state index in [0.717, 1.165) is 5.56 Å². The third-order valence-corrected chi connectivity index (χ3v) is 2.67. The highest BCUT2D eigenvalue weighted by Crippen LogP contribution is 2.24. The van der Waals surface area contributed by atoms with Gasteiger partial charge < -0.3 is 15.3 Å². The summed E-state index contributed by atoms with van der Waals surface area (Å²) < 4.78 is 0. The highest BCUT2D eigenvalue weighted by atomic mass is 16.4. The molecule has 2 aromatic rings. The Labute approximate surface area is 104 Å². The lowest BCUT2D eigenvalue weighted by Gasteiger charge is -2.08. The average molecular weight is 244 g/mol. The van der Waals surface area contributed by atoms with Crippen molar-refractivity contribution < 1.29 is 20.1 Å². The van der Waals surface area contributed by atoms with E-state index in [1.807, 2.05) is 0 Å². The fraction of sp³-hybridized carbons (Fsp3) is 0.0714. The first kappa shape index (κ1) is 12.0. The van der Waals surface area contributed by atoms with Crippen molar-refractivity contribution in [3.05, 3.63) is 59.2 Å². The van der Waals surface area contributed by atoms with Crippen LogP contribution in [-0.4, -0.2) is 21.3 Å². The van der Waals surface area contributed by atoms with Gasteiger partial charge in [0.2, 0.25) is 0 Å². The van der Waals surface area contributed by atoms with Gasteiger partial charge in [0.25, 0.3) is 0 Å². The maximum atomic E-state index is 11.1. The molecule has 0 bridgehead atoms. The molecule has 0 radical (unpaired) electrons. The van der Waals surface area contributed by atoms with Gasteiger partial charge in [-0.15, -0.1) is 0 Å². The van der Waals surface area contributed by atoms with Crippen molar-refractivity contribution in [3.63, 3.8) is 0 Å². The van der Waals surface area contributed by atoms with E-state index in [9.17, 15) is 15.0 Å². The Morgan fingerprint density at radius 1 is 1.00 bits per heavy atom. The van der Waals surface area contributed by atoms with E-state index < -0.39 is 5.97 Å². The number of hydrogen-bond donors (Lipinski definition) is 3. The molecule has 4 nitrogen and oxygen atoms in total. The lowest BCUT2D eigenvalue weighted by Crippen LogP contribution is -2.03. The second-order valence-corrected chi connectivity index (χ2v) is 3.96. The predicted molar refractivity (Wildman–Crippen MR) is 66.0 cm³/mol. The summed E-state index contributed by atoms with van der Waals surface area (Å²) in [5.41, 5.74) is 1.32. The van der Waals surface area contributed by atoms with Crippen LogP contribution in [0.15, 0.2) is 42.5 Å². The summed E-state index contributed by atoms with van der Waals surface area (Å²) in [6.45, 7) is 0. The predicted octanol–water partition coefficient (Wildman–Crippen LogP) is 2.39. The van der Waals surface area contributed by atoms with Gasteiger partial charge >= 0.3 is 5.97 Å². The number of aromatic carboxylic acids is 1. The molecule has 2 aromatic carbocycles. The molecule has 0 fully saturated rings. The Balaban J connectivity index is 2.37. The number of rotatable bonds is 3. The molecule has 0 atom stereocenters. The normalized spacial score (nSPS) is 10.2. The van der Waals surface area contributed by atoms with Gasteiger partial charge in [-0.3, -0.25) is 0 Å². The standard InChI is InChI=1S/C14H12O4/c15-11-6-4-9(5-7-11)8-10-2-1-3-12(16)13(10)14(17)18/h1-7,15-16H,8H2,(H,17,18). The zero-order valence-corrected chi connectivity index (χ0v) is 9.50. The highest BCUT2D eigenvalue weighted by molar-refractivity contribution is 5.92. The molecule has 3 N–H and O–H groups in total. The molecule has 0 saturated heterocycles. The minimum atomic E-state index is -1.15. The Hall–Kier alpha value is -2.49. The smallest absolute Gasteiger partial charge is 0.339 e. The van der Waals surface area contributed by atoms with Gasteiger partial charge in [0.05, 0.1) is 0 Å². The molecule has 18 heavy (non-hydrogen) atoms. The summed E-state index contributed by atoms with van der Waals surface area (Å²) in [6.07, 6.45) is 0.385. The molecular formula is C14H12O4. The third kappa shape index (κ3) is 2.43. The van der Waals surface area contributed by atoms with E-state index in [4.69, 9.17) is 5.11 Å². The first-order valence-electron chi connectivity index (χ1n) is 5.40. The van der Waals surface area contributed by atoms with Crippen molar-refractivity contribution in [1.82, 2.24) is 0 Å². The lowest BCUT2D eigenvalue weighted by molar-refractivity contribution is 0.0692. The van der Waals surface area contributed by atoms with Crippen molar-refractivity contribution in [2.24, 2.45) is 0 Å². The first-order valence-corrected chi connectivity index (χ1v) is 5.40. The minimum Gasteiger partial charge on any atom is -0.508 e. The summed E-state index contributed by atoms with van der Waals surface area (Å²) in [4.78, 5) is 11.1. The van der Waals surface area contributed by atoms with Gasteiger partial charge in [-0.2, -0.15) is 0 Å². The molecule has 0 saturated carbocycles. The van der Waals surface area contributed by atoms with Crippen LogP contribution in [0.5, 0.6) is 11.5 Å². The van der Waals surface area contributed by atoms with E-state index in [2.05, 4.69) is 0 Å². The number of benzene rings is 2. The maximum absolute atomic E-state index is 11.1. The molecule has 0 amide bonds. The maximum Gasteiger partial charge on any atom is 0.339 e. The topological polar surface area (TPSA) is 77.8 Å². The van der Waals surface area contributed by atoms with Crippen molar-refractivity contribution in [3.8, 4) is 11.5 Å². The first-order chi connectivity index (χ1) is 8.58. The molecule has 0 heterocycles. The Morgan fingerprint density at radius 3 is 2.28 bits per heavy atom. The fourth-order valence-electron chi connectivity index (χ4n) is 1.81. The highest BCUT2D eigenvalue weighted by Gasteiger charge is 2.14. The zero-order valence-electron chi connectivity index (χ0n) is 9.50. The van der Waals surface area contributed by atoms with Crippen molar-refractivity contribution in [2.75, 3.05) is 0 Å². The van der Waals surface area contributed by atoms with Crippen molar-refractivity contribution in [2.45, 2.75) is 6.42 Å². The van der Waals surface area contributed by atoms with E-state index in [-0.39, 0.29) is 17.1 Å². The number of carboxylic acid groups (broad SMARTS) is 1. The van der Waals surface area contributed by atoms with Gasteiger partial charge in [0, 0.05) is 0 Å². The molecule has 0 aliphatic rings. The monoisotopic (exact) mass is 244 g/mol. The molecule has 0 spiro atoms. The van der Waals surface area contributed by atoms with Gasteiger partial charge in [0.15, 0.2) is 0 Å². The van der Waals surface area contributed by atoms with E-state index >= 15 is 0 Å². The van der Waals surface area contributed by atoms with Gasteiger partial charge in [-0.05, 0) is 35.7 Å². The quantitative estimate of drug-likeness (QED) is 0.774. The molecule has 0 aliphatic carbocycles. The van der Waals surface area contributed by atoms with Crippen LogP contribution >= 0.6 is 0 Å². The van der Waals surface area contributed by atoms with E-state index in [1.54, 1.807) is 36.4 Å². The van der Waals surface area contributed by atoms with E-state index in [0.29, 0.717) is 12.0 Å². The van der Waals surface area contributed by atoms with Crippen LogP contribution in [0.4, 0.5) is 0 Å². The third-order valence-electron chi connectivity index (χ3n) is 2.67. The summed E-state index contributed by atoms with van der Waals surface area (Å²) >= 11 is 0. The molecule has 2 rings (SSSR count). The van der Waals surface area contributed by atoms with Crippen molar-refractivity contribution in [1.29, 1.82) is 0 Å². The van der Waals surface area contributed by atoms with Crippen molar-refractivity contribution >= 4 is 5.97 Å². The van der Waals surface area contributed by atoms with Crippen LogP contribution < -0.4 is 0 Å². The summed E-state index contributed by atoms with van der Waals surface area (Å²) in [5, 5.41) is 27.8. The number of hydrogen-bond acceptors (Lipinski definition) is 3. The Kier molecular flexibility index (Phi) is 3.19. The summed E-state index contributed by atoms with van der Waals surface area (Å²) in [5.74, 6) is -1.23. The molecule has 92 valence electrons. The summed E-state index contributed by atoms with van der Waals surface area (Å²) in [7, 11) is 0. The average Bonchev–Trinajstić information content (AvgIpc) is 2.32. The second kappa shape index (κ2) is 4.79. The molecular weight excluding hydrogens is 232 g/mol. The van der Waals surface area contributed by atoms with Gasteiger partial charge in [0.1, 0.15) is 17.1 Å². The van der Waals surface area contributed by atoms with E-state index in [1.165, 1.54) is 6.07 Å². The SMILES string of the molecule is O=C(O)c1c(O)cccc1Cc1ccc(O)cc1. The van der Waals surface area contributed by atoms with Crippen LogP contribution in [0.3, 0.4) is 0 Å². The molecule has 0 aromatic heterocycles. The number of phenolic OH excluding ortho intramolecular Hbond substituents is 1. The number of carbonyl (C=O) groups is 1. The van der Waals surface area contributed by atoms with Gasteiger partial charge in [-0.1, -0.05) is 24.3 Å². The number of phenols is 2. The Bertz CT molecular complexity index is 573. The van der Waals surface area contributed by atoms with Crippen LogP contribution in [0, 0.1) is 0 Å². The van der Waals surface area contributed by atoms with Crippen LogP contribution in [0.2, 0.25) is 0 Å². The molecule has 0 unspecified atom stereocenters. The lowest BCUT2D eigenvalue weighted by atomic mass is 9.99. The Morgan fingerprint density at radius 2 is 1.67 bits per heavy atom. The largest absolute Gasteiger partial charge is 0.508 e. The summed E-state index contributed by atoms with van der Waals surface area (Å²) in [6, 6.07) is 11.1.